The molecule has 1 aliphatic heterocycles. The van der Waals surface area contributed by atoms with Crippen LogP contribution in [0.4, 0.5) is 5.69 Å². The number of carbonyl (C=O) groups excluding carboxylic acids is 2. The summed E-state index contributed by atoms with van der Waals surface area (Å²) >= 11 is 0. The van der Waals surface area contributed by atoms with Crippen LogP contribution in [0.15, 0.2) is 78.4 Å². The molecule has 36 heavy (non-hydrogen) atoms. The van der Waals surface area contributed by atoms with Crippen LogP contribution in [0.5, 0.6) is 11.5 Å². The number of aryl methyl sites for hydroxylation is 1. The smallest absolute Gasteiger partial charge is 0.300 e. The van der Waals surface area contributed by atoms with Crippen molar-refractivity contribution >= 4 is 23.1 Å². The van der Waals surface area contributed by atoms with E-state index in [-0.39, 0.29) is 11.3 Å². The Kier molecular flexibility index (Phi) is 7.44. The maximum Gasteiger partial charge on any atom is 0.300 e. The molecule has 1 aliphatic rings. The van der Waals surface area contributed by atoms with Gasteiger partial charge in [0.05, 0.1) is 24.8 Å². The molecule has 6 heteroatoms. The first kappa shape index (κ1) is 25.0. The summed E-state index contributed by atoms with van der Waals surface area (Å²) in [6, 6.07) is 20.8. The summed E-state index contributed by atoms with van der Waals surface area (Å²) in [6.45, 7) is 8.92. The van der Waals surface area contributed by atoms with Crippen molar-refractivity contribution < 1.29 is 24.2 Å². The molecule has 4 rings (SSSR count). The maximum atomic E-state index is 13.4. The standard InChI is InChI=1S/C30H31NO5/c1-5-35-24-13-8-11-22(17-24)28(32)26-27(21-10-7-14-25(16-21)36-18-19(2)3)31(30(34)29(26)33)23-12-6-9-20(4)15-23/h6-17,19,27,32H,5,18H2,1-4H3/b28-26+. The second kappa shape index (κ2) is 10.7. The van der Waals surface area contributed by atoms with Gasteiger partial charge in [-0.15, -0.1) is 0 Å². The van der Waals surface area contributed by atoms with Gasteiger partial charge in [-0.25, -0.2) is 0 Å². The van der Waals surface area contributed by atoms with Gasteiger partial charge in [-0.2, -0.15) is 0 Å². The summed E-state index contributed by atoms with van der Waals surface area (Å²) < 4.78 is 11.5. The van der Waals surface area contributed by atoms with Crippen molar-refractivity contribution in [1.29, 1.82) is 0 Å². The van der Waals surface area contributed by atoms with Crippen LogP contribution in [-0.4, -0.2) is 30.0 Å². The zero-order chi connectivity index (χ0) is 25.8. The highest BCUT2D eigenvalue weighted by Crippen LogP contribution is 2.43. The van der Waals surface area contributed by atoms with Crippen molar-refractivity contribution in [1.82, 2.24) is 0 Å². The van der Waals surface area contributed by atoms with Gasteiger partial charge >= 0.3 is 0 Å². The summed E-state index contributed by atoms with van der Waals surface area (Å²) in [5.41, 5.74) is 2.63. The monoisotopic (exact) mass is 485 g/mol. The lowest BCUT2D eigenvalue weighted by molar-refractivity contribution is -0.132. The largest absolute Gasteiger partial charge is 0.507 e. The Morgan fingerprint density at radius 1 is 0.944 bits per heavy atom. The van der Waals surface area contributed by atoms with Crippen LogP contribution in [0.25, 0.3) is 5.76 Å². The number of aliphatic hydroxyl groups excluding tert-OH is 1. The zero-order valence-electron chi connectivity index (χ0n) is 21.0. The summed E-state index contributed by atoms with van der Waals surface area (Å²) in [7, 11) is 0. The molecule has 1 unspecified atom stereocenters. The first-order valence-corrected chi connectivity index (χ1v) is 12.1. The van der Waals surface area contributed by atoms with Crippen molar-refractivity contribution in [2.75, 3.05) is 18.1 Å². The molecule has 1 saturated heterocycles. The minimum atomic E-state index is -0.829. The Hall–Kier alpha value is -4.06. The number of aliphatic hydroxyl groups is 1. The molecule has 0 saturated carbocycles. The summed E-state index contributed by atoms with van der Waals surface area (Å²) in [6.07, 6.45) is 0. The van der Waals surface area contributed by atoms with E-state index >= 15 is 0 Å². The van der Waals surface area contributed by atoms with E-state index in [1.165, 1.54) is 4.90 Å². The van der Waals surface area contributed by atoms with Crippen molar-refractivity contribution in [2.24, 2.45) is 5.92 Å². The lowest BCUT2D eigenvalue weighted by Gasteiger charge is -2.26. The topological polar surface area (TPSA) is 76.1 Å². The van der Waals surface area contributed by atoms with Gasteiger partial charge < -0.3 is 14.6 Å². The minimum Gasteiger partial charge on any atom is -0.507 e. The number of nitrogens with zero attached hydrogens (tertiary/aromatic N) is 1. The molecule has 0 aromatic heterocycles. The Balaban J connectivity index is 1.89. The normalized spacial score (nSPS) is 17.0. The molecule has 186 valence electrons. The summed E-state index contributed by atoms with van der Waals surface area (Å²) in [5.74, 6) is -0.145. The Morgan fingerprint density at radius 3 is 2.33 bits per heavy atom. The fraction of sp³-hybridized carbons (Fsp3) is 0.267. The van der Waals surface area contributed by atoms with Gasteiger partial charge in [-0.1, -0.05) is 50.2 Å². The van der Waals surface area contributed by atoms with Gasteiger partial charge in [0.15, 0.2) is 0 Å². The van der Waals surface area contributed by atoms with Crippen LogP contribution >= 0.6 is 0 Å². The highest BCUT2D eigenvalue weighted by molar-refractivity contribution is 6.51. The molecular formula is C30H31NO5. The third-order valence-corrected chi connectivity index (χ3v) is 5.90. The van der Waals surface area contributed by atoms with Crippen LogP contribution in [0.3, 0.4) is 0 Å². The molecule has 0 spiro atoms. The Bertz CT molecular complexity index is 1310. The molecule has 1 atom stereocenters. The van der Waals surface area contributed by atoms with E-state index in [9.17, 15) is 14.7 Å². The number of ether oxygens (including phenoxy) is 2. The number of amides is 1. The highest BCUT2D eigenvalue weighted by Gasteiger charge is 2.47. The maximum absolute atomic E-state index is 13.4. The first-order chi connectivity index (χ1) is 17.3. The van der Waals surface area contributed by atoms with E-state index in [1.54, 1.807) is 30.3 Å². The molecule has 1 N–H and O–H groups in total. The van der Waals surface area contributed by atoms with Gasteiger partial charge in [-0.3, -0.25) is 14.5 Å². The molecule has 1 fully saturated rings. The lowest BCUT2D eigenvalue weighted by Crippen LogP contribution is -2.29. The van der Waals surface area contributed by atoms with Crippen molar-refractivity contribution in [3.05, 3.63) is 95.1 Å². The average molecular weight is 486 g/mol. The summed E-state index contributed by atoms with van der Waals surface area (Å²) in [4.78, 5) is 28.3. The van der Waals surface area contributed by atoms with Crippen molar-refractivity contribution in [3.63, 3.8) is 0 Å². The third kappa shape index (κ3) is 5.13. The van der Waals surface area contributed by atoms with Crippen LogP contribution in [0.2, 0.25) is 0 Å². The van der Waals surface area contributed by atoms with E-state index in [4.69, 9.17) is 9.47 Å². The van der Waals surface area contributed by atoms with E-state index < -0.39 is 17.7 Å². The molecule has 1 heterocycles. The van der Waals surface area contributed by atoms with Crippen molar-refractivity contribution in [2.45, 2.75) is 33.7 Å². The van der Waals surface area contributed by atoms with Crippen LogP contribution in [0.1, 0.15) is 43.5 Å². The second-order valence-electron chi connectivity index (χ2n) is 9.25. The fourth-order valence-electron chi connectivity index (χ4n) is 4.28. The van der Waals surface area contributed by atoms with Gasteiger partial charge in [0, 0.05) is 11.3 Å². The second-order valence-corrected chi connectivity index (χ2v) is 9.25. The van der Waals surface area contributed by atoms with Crippen LogP contribution in [0, 0.1) is 12.8 Å². The molecule has 0 bridgehead atoms. The Morgan fingerprint density at radius 2 is 1.64 bits per heavy atom. The number of benzene rings is 3. The van der Waals surface area contributed by atoms with Gasteiger partial charge in [0.2, 0.25) is 0 Å². The molecule has 1 amide bonds. The molecule has 6 nitrogen and oxygen atoms in total. The van der Waals surface area contributed by atoms with Gasteiger partial charge in [0.1, 0.15) is 17.3 Å². The molecule has 0 radical (unpaired) electrons. The highest BCUT2D eigenvalue weighted by atomic mass is 16.5. The number of ketones is 1. The van der Waals surface area contributed by atoms with Crippen LogP contribution in [-0.2, 0) is 9.59 Å². The predicted molar refractivity (Wildman–Crippen MR) is 140 cm³/mol. The number of hydrogen-bond donors (Lipinski definition) is 1. The SMILES string of the molecule is CCOc1cccc(/C(O)=C2\C(=O)C(=O)N(c3cccc(C)c3)C2c2cccc(OCC(C)C)c2)c1. The van der Waals surface area contributed by atoms with Gasteiger partial charge in [0.25, 0.3) is 11.7 Å². The fourth-order valence-corrected chi connectivity index (χ4v) is 4.28. The van der Waals surface area contributed by atoms with E-state index in [0.717, 1.165) is 5.56 Å². The first-order valence-electron chi connectivity index (χ1n) is 12.1. The number of hydrogen-bond acceptors (Lipinski definition) is 5. The molecular weight excluding hydrogens is 454 g/mol. The number of carbonyl (C=O) groups is 2. The molecule has 0 aliphatic carbocycles. The Labute approximate surface area is 211 Å². The molecule has 3 aromatic carbocycles. The van der Waals surface area contributed by atoms with Crippen molar-refractivity contribution in [3.8, 4) is 11.5 Å². The van der Waals surface area contributed by atoms with Crippen LogP contribution < -0.4 is 14.4 Å². The predicted octanol–water partition coefficient (Wildman–Crippen LogP) is 6.05. The van der Waals surface area contributed by atoms with E-state index in [2.05, 4.69) is 13.8 Å². The molecule has 3 aromatic rings. The number of rotatable bonds is 8. The average Bonchev–Trinajstić information content (AvgIpc) is 3.13. The number of anilines is 1. The van der Waals surface area contributed by atoms with E-state index in [1.807, 2.05) is 56.3 Å². The summed E-state index contributed by atoms with van der Waals surface area (Å²) in [5, 5.41) is 11.4. The van der Waals surface area contributed by atoms with Gasteiger partial charge in [-0.05, 0) is 67.3 Å². The lowest BCUT2D eigenvalue weighted by atomic mass is 9.95. The third-order valence-electron chi connectivity index (χ3n) is 5.90. The quantitative estimate of drug-likeness (QED) is 0.239. The number of Topliss-reactive ketones (excluding diaryl/α,β-unsaturated/α-hetero) is 1. The van der Waals surface area contributed by atoms with E-state index in [0.29, 0.717) is 47.4 Å². The zero-order valence-corrected chi connectivity index (χ0v) is 21.0. The minimum absolute atomic E-state index is 0.0242.